The number of thioether (sulfide) groups is 1. The van der Waals surface area contributed by atoms with E-state index in [1.54, 1.807) is 24.7 Å². The van der Waals surface area contributed by atoms with Gasteiger partial charge in [0.2, 0.25) is 0 Å². The predicted molar refractivity (Wildman–Crippen MR) is 134 cm³/mol. The number of aromatic nitrogens is 5. The summed E-state index contributed by atoms with van der Waals surface area (Å²) in [5.74, 6) is -0.162. The minimum absolute atomic E-state index is 0.113. The SMILES string of the molecule is CCn1c(=O)c(C(=O)CSc2nncn2-c2ccccc2OC)c(N)n(Cc2ccccc2)c1=O. The largest absolute Gasteiger partial charge is 0.495 e. The fourth-order valence-electron chi connectivity index (χ4n) is 3.69. The van der Waals surface area contributed by atoms with Gasteiger partial charge in [-0.05, 0) is 24.6 Å². The highest BCUT2D eigenvalue weighted by Crippen LogP contribution is 2.27. The highest BCUT2D eigenvalue weighted by molar-refractivity contribution is 7.99. The first-order chi connectivity index (χ1) is 17.0. The van der Waals surface area contributed by atoms with Gasteiger partial charge in [-0.2, -0.15) is 0 Å². The molecule has 2 aromatic carbocycles. The molecule has 35 heavy (non-hydrogen) atoms. The van der Waals surface area contributed by atoms with Gasteiger partial charge in [0.05, 0.1) is 25.1 Å². The predicted octanol–water partition coefficient (Wildman–Crippen LogP) is 2.22. The lowest BCUT2D eigenvalue weighted by Crippen LogP contribution is -2.44. The average molecular weight is 493 g/mol. The molecule has 0 fully saturated rings. The zero-order chi connectivity index (χ0) is 24.9. The zero-order valence-electron chi connectivity index (χ0n) is 19.2. The molecule has 0 radical (unpaired) electrons. The quantitative estimate of drug-likeness (QED) is 0.278. The molecule has 4 rings (SSSR count). The first-order valence-electron chi connectivity index (χ1n) is 10.8. The summed E-state index contributed by atoms with van der Waals surface area (Å²) >= 11 is 1.11. The van der Waals surface area contributed by atoms with Crippen LogP contribution in [0.3, 0.4) is 0 Å². The number of anilines is 1. The number of nitrogens with two attached hydrogens (primary N) is 1. The summed E-state index contributed by atoms with van der Waals surface area (Å²) in [5, 5.41) is 8.49. The molecule has 0 aliphatic heterocycles. The van der Waals surface area contributed by atoms with E-state index >= 15 is 0 Å². The van der Waals surface area contributed by atoms with Gasteiger partial charge in [-0.3, -0.25) is 23.3 Å². The Labute approximate surface area is 205 Å². The number of carbonyl (C=O) groups is 1. The maximum atomic E-state index is 13.2. The van der Waals surface area contributed by atoms with Crippen LogP contribution in [0.15, 0.2) is 75.7 Å². The Bertz CT molecular complexity index is 1480. The summed E-state index contributed by atoms with van der Waals surface area (Å²) in [4.78, 5) is 39.2. The normalized spacial score (nSPS) is 10.9. The maximum Gasteiger partial charge on any atom is 0.332 e. The second kappa shape index (κ2) is 10.4. The van der Waals surface area contributed by atoms with E-state index in [-0.39, 0.29) is 30.2 Å². The maximum absolute atomic E-state index is 13.2. The standard InChI is InChI=1S/C24H24N6O4S/c1-3-28-22(32)20(21(25)29(24(28)33)13-16-9-5-4-6-10-16)18(31)14-35-23-27-26-15-30(23)17-11-7-8-12-19(17)34-2/h4-12,15H,3,13-14,25H2,1-2H3. The van der Waals surface area contributed by atoms with Crippen LogP contribution in [0.4, 0.5) is 5.82 Å². The van der Waals surface area contributed by atoms with Gasteiger partial charge in [0.15, 0.2) is 10.9 Å². The third-order valence-corrected chi connectivity index (χ3v) is 6.38. The van der Waals surface area contributed by atoms with Crippen LogP contribution in [0.1, 0.15) is 22.8 Å². The van der Waals surface area contributed by atoms with Crippen molar-refractivity contribution >= 4 is 23.4 Å². The first-order valence-corrected chi connectivity index (χ1v) is 11.8. The summed E-state index contributed by atoms with van der Waals surface area (Å²) in [7, 11) is 1.56. The molecule has 2 heterocycles. The second-order valence-electron chi connectivity index (χ2n) is 7.53. The van der Waals surface area contributed by atoms with E-state index in [1.165, 1.54) is 10.9 Å². The summed E-state index contributed by atoms with van der Waals surface area (Å²) in [6.45, 7) is 1.92. The lowest BCUT2D eigenvalue weighted by molar-refractivity contribution is 0.102. The molecule has 11 heteroatoms. The van der Waals surface area contributed by atoms with E-state index in [2.05, 4.69) is 10.2 Å². The third-order valence-electron chi connectivity index (χ3n) is 5.44. The van der Waals surface area contributed by atoms with E-state index in [4.69, 9.17) is 10.5 Å². The summed E-state index contributed by atoms with van der Waals surface area (Å²) in [5.41, 5.74) is 6.30. The molecule has 2 N–H and O–H groups in total. The molecule has 2 aromatic heterocycles. The van der Waals surface area contributed by atoms with Crippen molar-refractivity contribution in [2.45, 2.75) is 25.2 Å². The van der Waals surface area contributed by atoms with Crippen LogP contribution in [0.5, 0.6) is 5.75 Å². The molecule has 0 spiro atoms. The minimum Gasteiger partial charge on any atom is -0.495 e. The van der Waals surface area contributed by atoms with Gasteiger partial charge in [0.25, 0.3) is 5.56 Å². The molecule has 0 aliphatic carbocycles. The zero-order valence-corrected chi connectivity index (χ0v) is 20.1. The molecule has 0 saturated heterocycles. The Hall–Kier alpha value is -4.12. The number of nitrogens with zero attached hydrogens (tertiary/aromatic N) is 5. The number of benzene rings is 2. The molecule has 0 unspecified atom stereocenters. The average Bonchev–Trinajstić information content (AvgIpc) is 3.34. The van der Waals surface area contributed by atoms with Crippen LogP contribution in [0.2, 0.25) is 0 Å². The minimum atomic E-state index is -0.698. The highest BCUT2D eigenvalue weighted by Gasteiger charge is 2.23. The molecule has 4 aromatic rings. The molecule has 0 aliphatic rings. The molecule has 0 atom stereocenters. The number of carbonyl (C=O) groups excluding carboxylic acids is 1. The topological polar surface area (TPSA) is 127 Å². The van der Waals surface area contributed by atoms with Crippen LogP contribution in [0, 0.1) is 0 Å². The Kier molecular flexibility index (Phi) is 7.16. The van der Waals surface area contributed by atoms with E-state index in [0.29, 0.717) is 16.6 Å². The fourth-order valence-corrected chi connectivity index (χ4v) is 4.49. The summed E-state index contributed by atoms with van der Waals surface area (Å²) in [6.07, 6.45) is 1.52. The monoisotopic (exact) mass is 492 g/mol. The van der Waals surface area contributed by atoms with Crippen molar-refractivity contribution in [3.63, 3.8) is 0 Å². The van der Waals surface area contributed by atoms with Crippen molar-refractivity contribution in [1.82, 2.24) is 23.9 Å². The Balaban J connectivity index is 1.66. The summed E-state index contributed by atoms with van der Waals surface area (Å²) in [6, 6.07) is 16.6. The molecular weight excluding hydrogens is 468 g/mol. The van der Waals surface area contributed by atoms with Gasteiger partial charge in [-0.25, -0.2) is 4.79 Å². The summed E-state index contributed by atoms with van der Waals surface area (Å²) < 4.78 is 9.38. The number of hydrogen-bond acceptors (Lipinski definition) is 8. The van der Waals surface area contributed by atoms with Crippen molar-refractivity contribution in [1.29, 1.82) is 0 Å². The molecule has 0 saturated carbocycles. The van der Waals surface area contributed by atoms with Gasteiger partial charge in [-0.1, -0.05) is 54.2 Å². The van der Waals surface area contributed by atoms with Crippen molar-refractivity contribution in [3.05, 3.63) is 92.9 Å². The van der Waals surface area contributed by atoms with Crippen molar-refractivity contribution in [2.75, 3.05) is 18.6 Å². The number of para-hydroxylation sites is 2. The first kappa shape index (κ1) is 24.0. The van der Waals surface area contributed by atoms with Gasteiger partial charge < -0.3 is 10.5 Å². The smallest absolute Gasteiger partial charge is 0.332 e. The van der Waals surface area contributed by atoms with Crippen LogP contribution in [-0.2, 0) is 13.1 Å². The van der Waals surface area contributed by atoms with Crippen molar-refractivity contribution in [2.24, 2.45) is 0 Å². The van der Waals surface area contributed by atoms with E-state index in [1.807, 2.05) is 48.5 Å². The number of rotatable bonds is 9. The second-order valence-corrected chi connectivity index (χ2v) is 8.47. The van der Waals surface area contributed by atoms with Crippen molar-refractivity contribution in [3.8, 4) is 11.4 Å². The van der Waals surface area contributed by atoms with E-state index in [9.17, 15) is 14.4 Å². The fraction of sp³-hybridized carbons (Fsp3) is 0.208. The molecular formula is C24H24N6O4S. The molecule has 0 bridgehead atoms. The van der Waals surface area contributed by atoms with Gasteiger partial charge in [0.1, 0.15) is 23.5 Å². The van der Waals surface area contributed by atoms with Crippen LogP contribution < -0.4 is 21.7 Å². The number of ether oxygens (including phenoxy) is 1. The lowest BCUT2D eigenvalue weighted by atomic mass is 10.2. The Morgan fingerprint density at radius 1 is 1.06 bits per heavy atom. The number of ketones is 1. The van der Waals surface area contributed by atoms with Crippen LogP contribution in [0.25, 0.3) is 5.69 Å². The number of hydrogen-bond donors (Lipinski definition) is 1. The van der Waals surface area contributed by atoms with Crippen LogP contribution >= 0.6 is 11.8 Å². The molecule has 0 amide bonds. The van der Waals surface area contributed by atoms with Crippen LogP contribution in [-0.4, -0.2) is 42.5 Å². The number of methoxy groups -OCH3 is 1. The Morgan fingerprint density at radius 3 is 2.49 bits per heavy atom. The van der Waals surface area contributed by atoms with E-state index < -0.39 is 17.0 Å². The van der Waals surface area contributed by atoms with E-state index in [0.717, 1.165) is 21.9 Å². The molecule has 10 nitrogen and oxygen atoms in total. The number of Topliss-reactive ketones (excluding diaryl/α,β-unsaturated/α-hetero) is 1. The highest BCUT2D eigenvalue weighted by atomic mass is 32.2. The van der Waals surface area contributed by atoms with Gasteiger partial charge in [0, 0.05) is 6.54 Å². The lowest BCUT2D eigenvalue weighted by Gasteiger charge is -2.16. The van der Waals surface area contributed by atoms with Gasteiger partial charge in [-0.15, -0.1) is 10.2 Å². The molecule has 180 valence electrons. The van der Waals surface area contributed by atoms with Crippen molar-refractivity contribution < 1.29 is 9.53 Å². The Morgan fingerprint density at radius 2 is 1.77 bits per heavy atom. The third kappa shape index (κ3) is 4.76. The number of nitrogen functional groups attached to an aromatic ring is 1. The van der Waals surface area contributed by atoms with Gasteiger partial charge >= 0.3 is 5.69 Å².